The Labute approximate surface area is 220 Å². The number of hydrogen-bond donors (Lipinski definition) is 2. The molecule has 0 radical (unpaired) electrons. The first kappa shape index (κ1) is 29.8. The van der Waals surface area contributed by atoms with Gasteiger partial charge in [-0.3, -0.25) is 4.79 Å². The van der Waals surface area contributed by atoms with Crippen LogP contribution in [0, 0.1) is 0 Å². The molecule has 1 amide bonds. The van der Waals surface area contributed by atoms with E-state index in [9.17, 15) is 14.7 Å². The van der Waals surface area contributed by atoms with Crippen LogP contribution in [-0.4, -0.2) is 52.0 Å². The number of amides is 1. The van der Waals surface area contributed by atoms with E-state index in [1.807, 2.05) is 0 Å². The molecule has 37 heavy (non-hydrogen) atoms. The van der Waals surface area contributed by atoms with Crippen LogP contribution in [0.4, 0.5) is 0 Å². The molecule has 0 aliphatic rings. The van der Waals surface area contributed by atoms with E-state index in [-0.39, 0.29) is 17.2 Å². The van der Waals surface area contributed by atoms with Crippen molar-refractivity contribution in [2.24, 2.45) is 0 Å². The number of unbranched alkanes of at least 4 members (excludes halogenated alkanes) is 8. The second kappa shape index (κ2) is 15.6. The fourth-order valence-corrected chi connectivity index (χ4v) is 4.32. The maximum Gasteiger partial charge on any atom is 0.335 e. The quantitative estimate of drug-likeness (QED) is 0.237. The summed E-state index contributed by atoms with van der Waals surface area (Å²) >= 11 is 0. The molecule has 0 aromatic heterocycles. The molecule has 0 atom stereocenters. The maximum atomic E-state index is 13.0. The number of carbonyl (C=O) groups excluding carboxylic acids is 1. The van der Waals surface area contributed by atoms with Crippen molar-refractivity contribution in [3.05, 3.63) is 35.4 Å². The number of rotatable bonds is 17. The van der Waals surface area contributed by atoms with Crippen molar-refractivity contribution in [2.75, 3.05) is 35.0 Å². The second-order valence-corrected chi connectivity index (χ2v) is 8.91. The lowest BCUT2D eigenvalue weighted by atomic mass is 9.97. The standard InChI is InChI=1S/C29H41NO7/c1-6-7-8-9-10-11-12-13-14-15-30-28(31)20-16-22(26(36-4)24(18-20)34-2)23-17-21(29(32)33)19-25(35-3)27(23)37-5/h16-19H,6-15H2,1-5H3,(H,30,31)(H,32,33). The van der Waals surface area contributed by atoms with Gasteiger partial charge in [0.15, 0.2) is 23.0 Å². The Balaban J connectivity index is 2.22. The zero-order chi connectivity index (χ0) is 27.2. The van der Waals surface area contributed by atoms with Gasteiger partial charge in [0.2, 0.25) is 0 Å². The monoisotopic (exact) mass is 515 g/mol. The molecule has 0 fully saturated rings. The Hall–Kier alpha value is -3.42. The van der Waals surface area contributed by atoms with E-state index in [4.69, 9.17) is 18.9 Å². The van der Waals surface area contributed by atoms with Gasteiger partial charge >= 0.3 is 5.97 Å². The Bertz CT molecular complexity index is 1040. The summed E-state index contributed by atoms with van der Waals surface area (Å²) in [5.41, 5.74) is 1.23. The fraction of sp³-hybridized carbons (Fsp3) is 0.517. The summed E-state index contributed by atoms with van der Waals surface area (Å²) in [4.78, 5) is 24.8. The van der Waals surface area contributed by atoms with E-state index in [0.29, 0.717) is 40.5 Å². The number of benzene rings is 2. The molecule has 2 N–H and O–H groups in total. The van der Waals surface area contributed by atoms with Crippen LogP contribution in [0.1, 0.15) is 85.4 Å². The highest BCUT2D eigenvalue weighted by atomic mass is 16.5. The van der Waals surface area contributed by atoms with Gasteiger partial charge in [0.05, 0.1) is 34.0 Å². The van der Waals surface area contributed by atoms with Gasteiger partial charge in [-0.15, -0.1) is 0 Å². The number of ether oxygens (including phenoxy) is 4. The van der Waals surface area contributed by atoms with Crippen molar-refractivity contribution in [1.82, 2.24) is 5.32 Å². The fourth-order valence-electron chi connectivity index (χ4n) is 4.32. The van der Waals surface area contributed by atoms with E-state index in [1.165, 1.54) is 85.5 Å². The van der Waals surface area contributed by atoms with Gasteiger partial charge in [-0.2, -0.15) is 0 Å². The predicted octanol–water partition coefficient (Wildman–Crippen LogP) is 6.35. The van der Waals surface area contributed by atoms with E-state index in [0.717, 1.165) is 12.8 Å². The first-order chi connectivity index (χ1) is 17.9. The Morgan fingerprint density at radius 1 is 0.676 bits per heavy atom. The molecule has 0 saturated heterocycles. The van der Waals surface area contributed by atoms with Crippen molar-refractivity contribution in [3.63, 3.8) is 0 Å². The highest BCUT2D eigenvalue weighted by Crippen LogP contribution is 2.46. The molecule has 2 aromatic carbocycles. The number of carbonyl (C=O) groups is 2. The highest BCUT2D eigenvalue weighted by molar-refractivity contribution is 5.98. The number of carboxylic acids is 1. The van der Waals surface area contributed by atoms with Gasteiger partial charge in [-0.25, -0.2) is 4.79 Å². The van der Waals surface area contributed by atoms with Gasteiger partial charge in [0, 0.05) is 23.2 Å². The molecule has 0 saturated carbocycles. The normalized spacial score (nSPS) is 10.6. The van der Waals surface area contributed by atoms with Gasteiger partial charge in [0.25, 0.3) is 5.91 Å². The van der Waals surface area contributed by atoms with Gasteiger partial charge < -0.3 is 29.4 Å². The molecule has 8 nitrogen and oxygen atoms in total. The average molecular weight is 516 g/mol. The lowest BCUT2D eigenvalue weighted by Crippen LogP contribution is -2.24. The molecular formula is C29H41NO7. The minimum atomic E-state index is -1.12. The van der Waals surface area contributed by atoms with E-state index in [2.05, 4.69) is 12.2 Å². The third kappa shape index (κ3) is 8.30. The lowest BCUT2D eigenvalue weighted by Gasteiger charge is -2.19. The first-order valence-electron chi connectivity index (χ1n) is 13.0. The van der Waals surface area contributed by atoms with Gasteiger partial charge in [0.1, 0.15) is 0 Å². The lowest BCUT2D eigenvalue weighted by molar-refractivity contribution is 0.0696. The smallest absolute Gasteiger partial charge is 0.335 e. The summed E-state index contributed by atoms with van der Waals surface area (Å²) < 4.78 is 22.0. The van der Waals surface area contributed by atoms with Crippen LogP contribution < -0.4 is 24.3 Å². The molecule has 2 aromatic rings. The first-order valence-corrected chi connectivity index (χ1v) is 13.0. The van der Waals surface area contributed by atoms with Crippen LogP contribution in [0.3, 0.4) is 0 Å². The average Bonchev–Trinajstić information content (AvgIpc) is 2.91. The highest BCUT2D eigenvalue weighted by Gasteiger charge is 2.23. The Morgan fingerprint density at radius 3 is 1.59 bits per heavy atom. The van der Waals surface area contributed by atoms with E-state index < -0.39 is 5.97 Å². The van der Waals surface area contributed by atoms with Crippen molar-refractivity contribution >= 4 is 11.9 Å². The Kier molecular flexibility index (Phi) is 12.6. The largest absolute Gasteiger partial charge is 0.493 e. The zero-order valence-corrected chi connectivity index (χ0v) is 22.8. The van der Waals surface area contributed by atoms with E-state index in [1.54, 1.807) is 12.1 Å². The van der Waals surface area contributed by atoms with Crippen molar-refractivity contribution in [3.8, 4) is 34.1 Å². The summed E-state index contributed by atoms with van der Waals surface area (Å²) in [6.07, 6.45) is 10.9. The molecule has 204 valence electrons. The number of hydrogen-bond acceptors (Lipinski definition) is 6. The SMILES string of the molecule is CCCCCCCCCCCNC(=O)c1cc(OC)c(OC)c(-c2cc(C(=O)O)cc(OC)c2OC)c1. The molecule has 2 rings (SSSR count). The summed E-state index contributed by atoms with van der Waals surface area (Å²) in [7, 11) is 5.86. The number of aromatic carboxylic acids is 1. The number of methoxy groups -OCH3 is 4. The Morgan fingerprint density at radius 2 is 1.14 bits per heavy atom. The predicted molar refractivity (Wildman–Crippen MR) is 145 cm³/mol. The van der Waals surface area contributed by atoms with Crippen LogP contribution >= 0.6 is 0 Å². The third-order valence-corrected chi connectivity index (χ3v) is 6.32. The molecule has 0 heterocycles. The van der Waals surface area contributed by atoms with Crippen molar-refractivity contribution in [1.29, 1.82) is 0 Å². The minimum absolute atomic E-state index is 0.00823. The van der Waals surface area contributed by atoms with Crippen LogP contribution in [0.2, 0.25) is 0 Å². The molecule has 0 bridgehead atoms. The van der Waals surface area contributed by atoms with Crippen LogP contribution in [-0.2, 0) is 0 Å². The third-order valence-electron chi connectivity index (χ3n) is 6.32. The summed E-state index contributed by atoms with van der Waals surface area (Å²) in [6, 6.07) is 6.11. The molecular weight excluding hydrogens is 474 g/mol. The molecule has 8 heteroatoms. The van der Waals surface area contributed by atoms with E-state index >= 15 is 0 Å². The van der Waals surface area contributed by atoms with Gasteiger partial charge in [-0.1, -0.05) is 58.3 Å². The topological polar surface area (TPSA) is 103 Å². The maximum absolute atomic E-state index is 13.0. The van der Waals surface area contributed by atoms with Crippen LogP contribution in [0.15, 0.2) is 24.3 Å². The number of carboxylic acid groups (broad SMARTS) is 1. The molecule has 0 spiro atoms. The minimum Gasteiger partial charge on any atom is -0.493 e. The second-order valence-electron chi connectivity index (χ2n) is 8.91. The van der Waals surface area contributed by atoms with Crippen molar-refractivity contribution < 1.29 is 33.6 Å². The molecule has 0 unspecified atom stereocenters. The summed E-state index contributed by atoms with van der Waals surface area (Å²) in [6.45, 7) is 2.80. The van der Waals surface area contributed by atoms with Crippen LogP contribution in [0.25, 0.3) is 11.1 Å². The van der Waals surface area contributed by atoms with Crippen molar-refractivity contribution in [2.45, 2.75) is 64.7 Å². The zero-order valence-electron chi connectivity index (χ0n) is 22.8. The molecule has 0 aliphatic heterocycles. The molecule has 0 aliphatic carbocycles. The van der Waals surface area contributed by atoms with Gasteiger partial charge in [-0.05, 0) is 30.7 Å². The number of nitrogens with one attached hydrogen (secondary N) is 1. The van der Waals surface area contributed by atoms with Crippen LogP contribution in [0.5, 0.6) is 23.0 Å². The summed E-state index contributed by atoms with van der Waals surface area (Å²) in [5.74, 6) is -0.111. The summed E-state index contributed by atoms with van der Waals surface area (Å²) in [5, 5.41) is 12.6.